The maximum absolute atomic E-state index is 10.2. The highest BCUT2D eigenvalue weighted by atomic mass is 32.2. The van der Waals surface area contributed by atoms with E-state index in [1.807, 2.05) is 24.3 Å². The molecule has 0 spiro atoms. The van der Waals surface area contributed by atoms with Crippen molar-refractivity contribution in [2.75, 3.05) is 12.4 Å². The van der Waals surface area contributed by atoms with Crippen molar-refractivity contribution in [2.24, 2.45) is 0 Å². The number of benzene rings is 3. The number of ether oxygens (including phenoxy) is 1. The first-order chi connectivity index (χ1) is 13.2. The molecule has 27 heavy (non-hydrogen) atoms. The van der Waals surface area contributed by atoms with Gasteiger partial charge in [-0.05, 0) is 47.7 Å². The van der Waals surface area contributed by atoms with Gasteiger partial charge in [-0.3, -0.25) is 0 Å². The summed E-state index contributed by atoms with van der Waals surface area (Å²) in [5.74, 6) is 1.42. The summed E-state index contributed by atoms with van der Waals surface area (Å²) in [5.41, 5.74) is 3.87. The van der Waals surface area contributed by atoms with Gasteiger partial charge in [0.15, 0.2) is 0 Å². The number of hydrogen-bond acceptors (Lipinski definition) is 3. The summed E-state index contributed by atoms with van der Waals surface area (Å²) in [4.78, 5) is 1.24. The smallest absolute Gasteiger partial charge is 0.119 e. The summed E-state index contributed by atoms with van der Waals surface area (Å²) in [6.07, 6.45) is 1.42. The van der Waals surface area contributed by atoms with Gasteiger partial charge in [0.1, 0.15) is 12.4 Å². The molecule has 0 saturated heterocycles. The van der Waals surface area contributed by atoms with Crippen LogP contribution in [0.25, 0.3) is 0 Å². The van der Waals surface area contributed by atoms with Crippen LogP contribution in [0.3, 0.4) is 0 Å². The van der Waals surface area contributed by atoms with Crippen molar-refractivity contribution in [3.63, 3.8) is 0 Å². The van der Waals surface area contributed by atoms with Crippen LogP contribution in [0.15, 0.2) is 83.8 Å². The molecular formula is C24H26O2S. The number of aliphatic hydroxyl groups is 1. The summed E-state index contributed by atoms with van der Waals surface area (Å²) in [6.45, 7) is 2.46. The van der Waals surface area contributed by atoms with E-state index in [0.717, 1.165) is 18.6 Å². The Bertz CT molecular complexity index is 815. The Kier molecular flexibility index (Phi) is 7.37. The van der Waals surface area contributed by atoms with Gasteiger partial charge in [-0.25, -0.2) is 0 Å². The average Bonchev–Trinajstić information content (AvgIpc) is 2.72. The van der Waals surface area contributed by atoms with E-state index in [0.29, 0.717) is 12.4 Å². The summed E-state index contributed by atoms with van der Waals surface area (Å²) in [6, 6.07) is 26.9. The molecule has 0 aliphatic carbocycles. The molecule has 0 radical (unpaired) electrons. The van der Waals surface area contributed by atoms with Gasteiger partial charge in [0.25, 0.3) is 0 Å². The van der Waals surface area contributed by atoms with Crippen molar-refractivity contribution in [3.05, 3.63) is 95.6 Å². The summed E-state index contributed by atoms with van der Waals surface area (Å²) < 4.78 is 5.75. The molecule has 2 nitrogen and oxygen atoms in total. The van der Waals surface area contributed by atoms with Crippen molar-refractivity contribution in [1.82, 2.24) is 0 Å². The monoisotopic (exact) mass is 378 g/mol. The first-order valence-corrected chi connectivity index (χ1v) is 10.4. The van der Waals surface area contributed by atoms with Crippen LogP contribution in [-0.4, -0.2) is 23.6 Å². The van der Waals surface area contributed by atoms with Crippen molar-refractivity contribution in [2.45, 2.75) is 30.8 Å². The lowest BCUT2D eigenvalue weighted by Gasteiger charge is -2.14. The molecule has 1 unspecified atom stereocenters. The van der Waals surface area contributed by atoms with Gasteiger partial charge in [-0.1, -0.05) is 67.6 Å². The maximum Gasteiger partial charge on any atom is 0.119 e. The van der Waals surface area contributed by atoms with Crippen LogP contribution in [0, 0.1) is 0 Å². The molecule has 3 aromatic rings. The molecule has 1 atom stereocenters. The summed E-state index contributed by atoms with van der Waals surface area (Å²) in [7, 11) is 0. The van der Waals surface area contributed by atoms with Gasteiger partial charge in [0.2, 0.25) is 0 Å². The number of hydrogen-bond donors (Lipinski definition) is 1. The molecule has 3 heteroatoms. The Balaban J connectivity index is 1.45. The Morgan fingerprint density at radius 3 is 2.26 bits per heavy atom. The molecule has 140 valence electrons. The third-order valence-electron chi connectivity index (χ3n) is 4.40. The predicted octanol–water partition coefficient (Wildman–Crippen LogP) is 5.37. The summed E-state index contributed by atoms with van der Waals surface area (Å²) in [5, 5.41) is 10.2. The topological polar surface area (TPSA) is 29.5 Å². The van der Waals surface area contributed by atoms with Crippen molar-refractivity contribution in [3.8, 4) is 5.75 Å². The fourth-order valence-corrected chi connectivity index (χ4v) is 3.94. The summed E-state index contributed by atoms with van der Waals surface area (Å²) >= 11 is 1.69. The average molecular weight is 379 g/mol. The molecule has 3 rings (SSSR count). The third kappa shape index (κ3) is 6.16. The first-order valence-electron chi connectivity index (χ1n) is 9.39. The fourth-order valence-electron chi connectivity index (χ4n) is 2.90. The van der Waals surface area contributed by atoms with Crippen LogP contribution in [-0.2, 0) is 12.8 Å². The van der Waals surface area contributed by atoms with Gasteiger partial charge in [-0.15, -0.1) is 11.8 Å². The number of rotatable bonds is 9. The number of thioether (sulfide) groups is 1. The molecule has 0 saturated carbocycles. The fraction of sp³-hybridized carbons (Fsp3) is 0.250. The molecule has 0 aliphatic rings. The molecular weight excluding hydrogens is 352 g/mol. The lowest BCUT2D eigenvalue weighted by atomic mass is 10.1. The Hall–Kier alpha value is -2.23. The van der Waals surface area contributed by atoms with Crippen LogP contribution in [0.4, 0.5) is 0 Å². The number of aliphatic hydroxyl groups excluding tert-OH is 1. The zero-order chi connectivity index (χ0) is 18.9. The highest BCUT2D eigenvalue weighted by Crippen LogP contribution is 2.24. The predicted molar refractivity (Wildman–Crippen MR) is 114 cm³/mol. The molecule has 0 aliphatic heterocycles. The molecule has 3 aromatic carbocycles. The van der Waals surface area contributed by atoms with Crippen LogP contribution in [0.5, 0.6) is 5.75 Å². The van der Waals surface area contributed by atoms with Gasteiger partial charge >= 0.3 is 0 Å². The Morgan fingerprint density at radius 2 is 1.52 bits per heavy atom. The van der Waals surface area contributed by atoms with E-state index in [2.05, 4.69) is 61.5 Å². The van der Waals surface area contributed by atoms with Crippen LogP contribution in [0.1, 0.15) is 23.6 Å². The highest BCUT2D eigenvalue weighted by molar-refractivity contribution is 7.99. The Morgan fingerprint density at radius 1 is 0.852 bits per heavy atom. The normalized spacial score (nSPS) is 11.9. The molecule has 0 amide bonds. The molecule has 0 aromatic heterocycles. The second-order valence-electron chi connectivity index (χ2n) is 6.54. The third-order valence-corrected chi connectivity index (χ3v) is 5.66. The van der Waals surface area contributed by atoms with Crippen LogP contribution >= 0.6 is 11.8 Å². The lowest BCUT2D eigenvalue weighted by Crippen LogP contribution is -2.20. The lowest BCUT2D eigenvalue weighted by molar-refractivity contribution is 0.126. The SMILES string of the molecule is CCc1ccccc1SCC(O)COc1ccc(Cc2ccccc2)cc1. The van der Waals surface area contributed by atoms with Crippen molar-refractivity contribution in [1.29, 1.82) is 0 Å². The zero-order valence-corrected chi connectivity index (χ0v) is 16.5. The van der Waals surface area contributed by atoms with E-state index < -0.39 is 6.10 Å². The van der Waals surface area contributed by atoms with Crippen LogP contribution in [0.2, 0.25) is 0 Å². The minimum Gasteiger partial charge on any atom is -0.491 e. The first kappa shape index (κ1) is 19.5. The largest absolute Gasteiger partial charge is 0.491 e. The van der Waals surface area contributed by atoms with E-state index >= 15 is 0 Å². The van der Waals surface area contributed by atoms with E-state index in [9.17, 15) is 5.11 Å². The molecule has 0 heterocycles. The second-order valence-corrected chi connectivity index (χ2v) is 7.61. The molecule has 0 bridgehead atoms. The standard InChI is InChI=1S/C24H26O2S/c1-2-21-10-6-7-11-24(21)27-18-22(25)17-26-23-14-12-20(13-15-23)16-19-8-4-3-5-9-19/h3-15,22,25H,2,16-18H2,1H3. The van der Waals surface area contributed by atoms with E-state index in [-0.39, 0.29) is 0 Å². The van der Waals surface area contributed by atoms with Crippen LogP contribution < -0.4 is 4.74 Å². The van der Waals surface area contributed by atoms with Crippen molar-refractivity contribution >= 4 is 11.8 Å². The maximum atomic E-state index is 10.2. The van der Waals surface area contributed by atoms with Gasteiger partial charge in [-0.2, -0.15) is 0 Å². The molecule has 0 fully saturated rings. The van der Waals surface area contributed by atoms with Gasteiger partial charge in [0.05, 0.1) is 6.10 Å². The second kappa shape index (κ2) is 10.2. The van der Waals surface area contributed by atoms with Gasteiger partial charge < -0.3 is 9.84 Å². The van der Waals surface area contributed by atoms with E-state index in [1.54, 1.807) is 11.8 Å². The quantitative estimate of drug-likeness (QED) is 0.508. The molecule has 1 N–H and O–H groups in total. The number of aryl methyl sites for hydroxylation is 1. The van der Waals surface area contributed by atoms with E-state index in [1.165, 1.54) is 21.6 Å². The highest BCUT2D eigenvalue weighted by Gasteiger charge is 2.08. The van der Waals surface area contributed by atoms with Crippen molar-refractivity contribution < 1.29 is 9.84 Å². The zero-order valence-electron chi connectivity index (χ0n) is 15.7. The minimum absolute atomic E-state index is 0.305. The van der Waals surface area contributed by atoms with E-state index in [4.69, 9.17) is 4.74 Å². The van der Waals surface area contributed by atoms with Gasteiger partial charge in [0, 0.05) is 10.6 Å². The Labute approximate surface area is 166 Å². The minimum atomic E-state index is -0.496.